The topological polar surface area (TPSA) is 54.9 Å². The molecule has 102 valence electrons. The van der Waals surface area contributed by atoms with Crippen molar-refractivity contribution in [1.29, 1.82) is 0 Å². The number of rotatable bonds is 4. The number of carbonyl (C=O) groups is 1. The van der Waals surface area contributed by atoms with E-state index in [0.717, 1.165) is 0 Å². The minimum atomic E-state index is -0.624. The summed E-state index contributed by atoms with van der Waals surface area (Å²) in [6.45, 7) is 5.73. The molecule has 0 unspecified atom stereocenters. The lowest BCUT2D eigenvalue weighted by Gasteiger charge is -2.13. The predicted octanol–water partition coefficient (Wildman–Crippen LogP) is 2.67. The second-order valence-corrected chi connectivity index (χ2v) is 4.87. The van der Waals surface area contributed by atoms with E-state index in [4.69, 9.17) is 7.85 Å². The number of ketones is 1. The molecule has 0 spiro atoms. The van der Waals surface area contributed by atoms with Crippen LogP contribution in [0.5, 0.6) is 0 Å². The number of Topliss-reactive ketones (excluding diaryl/α,β-unsaturated/α-hetero) is 1. The molecule has 0 aliphatic carbocycles. The van der Waals surface area contributed by atoms with Crippen LogP contribution in [-0.2, 0) is 0 Å². The van der Waals surface area contributed by atoms with Crippen molar-refractivity contribution in [3.63, 3.8) is 0 Å². The quantitative estimate of drug-likeness (QED) is 0.686. The van der Waals surface area contributed by atoms with Gasteiger partial charge in [0, 0.05) is 6.04 Å². The van der Waals surface area contributed by atoms with Gasteiger partial charge >= 0.3 is 0 Å². The van der Waals surface area contributed by atoms with E-state index in [1.54, 1.807) is 0 Å². The summed E-state index contributed by atoms with van der Waals surface area (Å²) in [6.07, 6.45) is -0.265. The van der Waals surface area contributed by atoms with Crippen molar-refractivity contribution >= 4 is 30.5 Å². The van der Waals surface area contributed by atoms with Gasteiger partial charge in [-0.1, -0.05) is 0 Å². The summed E-state index contributed by atoms with van der Waals surface area (Å²) in [5.74, 6) is -0.562. The van der Waals surface area contributed by atoms with Crippen LogP contribution in [0.1, 0.15) is 29.9 Å². The molecule has 4 nitrogen and oxygen atoms in total. The maximum absolute atomic E-state index is 13.9. The molecule has 0 amide bonds. The summed E-state index contributed by atoms with van der Waals surface area (Å²) in [4.78, 5) is 20.5. The highest BCUT2D eigenvalue weighted by Crippen LogP contribution is 2.23. The zero-order chi connectivity index (χ0) is 14.9. The van der Waals surface area contributed by atoms with Crippen LogP contribution in [0.2, 0.25) is 6.32 Å². The third kappa shape index (κ3) is 2.64. The Kier molecular flexibility index (Phi) is 4.02. The highest BCUT2D eigenvalue weighted by Gasteiger charge is 2.17. The van der Waals surface area contributed by atoms with Gasteiger partial charge in [-0.15, -0.1) is 0 Å². The minimum Gasteiger partial charge on any atom is -0.366 e. The number of benzene rings is 1. The summed E-state index contributed by atoms with van der Waals surface area (Å²) in [6, 6.07) is 2.88. The first-order valence-corrected chi connectivity index (χ1v) is 6.40. The van der Waals surface area contributed by atoms with Gasteiger partial charge in [0.1, 0.15) is 17.2 Å². The van der Waals surface area contributed by atoms with Gasteiger partial charge in [-0.25, -0.2) is 14.4 Å². The minimum absolute atomic E-state index is 0.0932. The molecule has 0 bridgehead atoms. The van der Waals surface area contributed by atoms with E-state index >= 15 is 0 Å². The summed E-state index contributed by atoms with van der Waals surface area (Å²) in [5.41, 5.74) is 1.33. The number of hydrogen-bond acceptors (Lipinski definition) is 4. The fourth-order valence-corrected chi connectivity index (χ4v) is 1.96. The number of halogens is 1. The molecule has 2 aromatic rings. The molecule has 2 radical (unpaired) electrons. The lowest BCUT2D eigenvalue weighted by molar-refractivity contribution is 0.101. The van der Waals surface area contributed by atoms with Gasteiger partial charge in [-0.3, -0.25) is 4.79 Å². The molecule has 1 aromatic heterocycles. The number of fused-ring (bicyclic) bond motifs is 1. The van der Waals surface area contributed by atoms with Crippen molar-refractivity contribution in [2.24, 2.45) is 0 Å². The number of aromatic nitrogens is 2. The van der Waals surface area contributed by atoms with Crippen LogP contribution < -0.4 is 5.32 Å². The smallest absolute Gasteiger partial charge is 0.159 e. The second kappa shape index (κ2) is 5.57. The molecule has 0 atom stereocenters. The van der Waals surface area contributed by atoms with Gasteiger partial charge in [0.25, 0.3) is 0 Å². The Morgan fingerprint density at radius 3 is 2.70 bits per heavy atom. The summed E-state index contributed by atoms with van der Waals surface area (Å²) in [7, 11) is 5.33. The monoisotopic (exact) mass is 271 g/mol. The van der Waals surface area contributed by atoms with Crippen molar-refractivity contribution < 1.29 is 9.18 Å². The molecule has 0 aliphatic heterocycles. The Bertz CT molecular complexity index is 673. The highest BCUT2D eigenvalue weighted by atomic mass is 19.1. The fourth-order valence-electron chi connectivity index (χ4n) is 1.96. The molecule has 1 heterocycles. The molecule has 20 heavy (non-hydrogen) atoms. The molecule has 6 heteroatoms. The van der Waals surface area contributed by atoms with Gasteiger partial charge in [0.05, 0.1) is 24.6 Å². The number of anilines is 1. The van der Waals surface area contributed by atoms with Crippen molar-refractivity contribution in [3.8, 4) is 0 Å². The number of nitrogens with one attached hydrogen (secondary N) is 1. The highest BCUT2D eigenvalue weighted by molar-refractivity contribution is 6.26. The zero-order valence-electron chi connectivity index (χ0n) is 11.7. The summed E-state index contributed by atoms with van der Waals surface area (Å²) in [5, 5.41) is 3.13. The van der Waals surface area contributed by atoms with Crippen molar-refractivity contribution in [2.45, 2.75) is 33.1 Å². The largest absolute Gasteiger partial charge is 0.366 e. The second-order valence-electron chi connectivity index (χ2n) is 4.87. The van der Waals surface area contributed by atoms with E-state index < -0.39 is 11.6 Å². The fraction of sp³-hybridized carbons (Fsp3) is 0.357. The Balaban J connectivity index is 2.71. The Morgan fingerprint density at radius 1 is 1.40 bits per heavy atom. The van der Waals surface area contributed by atoms with E-state index in [1.807, 2.05) is 20.8 Å². The number of nitrogens with zero attached hydrogens (tertiary/aromatic N) is 2. The van der Waals surface area contributed by atoms with Crippen LogP contribution in [0.25, 0.3) is 11.0 Å². The van der Waals surface area contributed by atoms with Crippen LogP contribution in [0.3, 0.4) is 0 Å². The molecule has 0 aliphatic rings. The van der Waals surface area contributed by atoms with E-state index in [1.165, 1.54) is 12.1 Å². The third-order valence-corrected chi connectivity index (χ3v) is 2.85. The maximum Gasteiger partial charge on any atom is 0.159 e. The number of hydrogen-bond donors (Lipinski definition) is 1. The van der Waals surface area contributed by atoms with Gasteiger partial charge in [0.15, 0.2) is 5.78 Å². The Morgan fingerprint density at radius 2 is 2.10 bits per heavy atom. The lowest BCUT2D eigenvalue weighted by atomic mass is 9.94. The van der Waals surface area contributed by atoms with Gasteiger partial charge < -0.3 is 5.32 Å². The average molecular weight is 271 g/mol. The van der Waals surface area contributed by atoms with Crippen LogP contribution in [-0.4, -0.2) is 29.6 Å². The van der Waals surface area contributed by atoms with Crippen LogP contribution >= 0.6 is 0 Å². The normalized spacial score (nSPS) is 11.1. The molecular formula is C14H15BFN3O. The SMILES string of the molecule is [B]CC(=O)c1c(F)ccc2nc(C)c(NC(C)C)nc12. The first kappa shape index (κ1) is 14.4. The first-order chi connectivity index (χ1) is 9.43. The van der Waals surface area contributed by atoms with Crippen LogP contribution in [0, 0.1) is 12.7 Å². The molecule has 2 rings (SSSR count). The van der Waals surface area contributed by atoms with Gasteiger partial charge in [-0.05, 0) is 39.2 Å². The van der Waals surface area contributed by atoms with Crippen molar-refractivity contribution in [2.75, 3.05) is 5.32 Å². The summed E-state index contributed by atoms with van der Waals surface area (Å²) < 4.78 is 13.9. The molecule has 0 saturated heterocycles. The zero-order valence-corrected chi connectivity index (χ0v) is 11.7. The van der Waals surface area contributed by atoms with Gasteiger partial charge in [-0.2, -0.15) is 0 Å². The standard InChI is InChI=1S/C14H15BFN3O/c1-7(2)17-14-8(3)18-10-5-4-9(16)12(11(20)6-15)13(10)19-14/h4-5,7H,6H2,1-3H3,(H,17,19). The maximum atomic E-state index is 13.9. The van der Waals surface area contributed by atoms with Crippen molar-refractivity contribution in [1.82, 2.24) is 9.97 Å². The van der Waals surface area contributed by atoms with E-state index in [9.17, 15) is 9.18 Å². The van der Waals surface area contributed by atoms with Gasteiger partial charge in [0.2, 0.25) is 0 Å². The van der Waals surface area contributed by atoms with Crippen LogP contribution in [0.4, 0.5) is 10.2 Å². The molecule has 1 aromatic carbocycles. The molecule has 0 saturated carbocycles. The average Bonchev–Trinajstić information content (AvgIpc) is 2.39. The molecule has 1 N–H and O–H groups in total. The molecular weight excluding hydrogens is 256 g/mol. The number of aryl methyl sites for hydroxylation is 1. The lowest BCUT2D eigenvalue weighted by Crippen LogP contribution is -2.14. The number of carbonyl (C=O) groups excluding carboxylic acids is 1. The predicted molar refractivity (Wildman–Crippen MR) is 77.9 cm³/mol. The van der Waals surface area contributed by atoms with Crippen LogP contribution in [0.15, 0.2) is 12.1 Å². The van der Waals surface area contributed by atoms with E-state index in [-0.39, 0.29) is 23.4 Å². The molecule has 0 fully saturated rings. The van der Waals surface area contributed by atoms with Crippen molar-refractivity contribution in [3.05, 3.63) is 29.2 Å². The Labute approximate surface area is 118 Å². The van der Waals surface area contributed by atoms with E-state index in [0.29, 0.717) is 17.0 Å². The first-order valence-electron chi connectivity index (χ1n) is 6.40. The summed E-state index contributed by atoms with van der Waals surface area (Å²) >= 11 is 0. The third-order valence-electron chi connectivity index (χ3n) is 2.85. The van der Waals surface area contributed by atoms with E-state index in [2.05, 4.69) is 15.3 Å². The Hall–Kier alpha value is -1.98.